The van der Waals surface area contributed by atoms with Crippen molar-refractivity contribution in [2.45, 2.75) is 26.4 Å². The third-order valence-electron chi connectivity index (χ3n) is 2.06. The van der Waals surface area contributed by atoms with E-state index in [1.807, 2.05) is 30.4 Å². The molecule has 0 bridgehead atoms. The fraction of sp³-hybridized carbons (Fsp3) is 0.357. The molecule has 0 radical (unpaired) electrons. The first-order chi connectivity index (χ1) is 7.84. The number of halogens is 1. The summed E-state index contributed by atoms with van der Waals surface area (Å²) in [5, 5.41) is 0. The molecule has 0 atom stereocenters. The standard InChI is InChI=1S/C14H17BrO/c1-2-3-4-5-8-11-16-12-13-9-6-7-10-14(13)15/h3,5-7,9-10H,2,8,11-12H2,1H3. The Balaban J connectivity index is 2.21. The van der Waals surface area contributed by atoms with Gasteiger partial charge in [-0.1, -0.05) is 41.1 Å². The molecule has 86 valence electrons. The van der Waals surface area contributed by atoms with Crippen LogP contribution in [0.4, 0.5) is 0 Å². The van der Waals surface area contributed by atoms with E-state index in [-0.39, 0.29) is 0 Å². The molecule has 1 aromatic carbocycles. The van der Waals surface area contributed by atoms with Gasteiger partial charge in [0.25, 0.3) is 0 Å². The van der Waals surface area contributed by atoms with E-state index < -0.39 is 0 Å². The van der Waals surface area contributed by atoms with E-state index in [4.69, 9.17) is 4.74 Å². The topological polar surface area (TPSA) is 9.23 Å². The molecule has 0 spiro atoms. The van der Waals surface area contributed by atoms with Crippen molar-refractivity contribution in [3.05, 3.63) is 52.2 Å². The van der Waals surface area contributed by atoms with Crippen LogP contribution >= 0.6 is 15.9 Å². The highest BCUT2D eigenvalue weighted by molar-refractivity contribution is 9.10. The van der Waals surface area contributed by atoms with E-state index in [0.717, 1.165) is 23.9 Å². The molecule has 0 saturated heterocycles. The van der Waals surface area contributed by atoms with E-state index in [1.165, 1.54) is 5.56 Å². The quantitative estimate of drug-likeness (QED) is 0.552. The van der Waals surface area contributed by atoms with Crippen LogP contribution in [0, 0.1) is 0 Å². The van der Waals surface area contributed by atoms with Crippen molar-refractivity contribution < 1.29 is 4.74 Å². The molecule has 0 heterocycles. The van der Waals surface area contributed by atoms with Crippen LogP contribution in [0.1, 0.15) is 25.3 Å². The lowest BCUT2D eigenvalue weighted by molar-refractivity contribution is 0.125. The number of benzene rings is 1. The fourth-order valence-corrected chi connectivity index (χ4v) is 1.62. The zero-order chi connectivity index (χ0) is 11.6. The number of hydrogen-bond acceptors (Lipinski definition) is 1. The maximum absolute atomic E-state index is 5.57. The van der Waals surface area contributed by atoms with Gasteiger partial charge in [0.1, 0.15) is 0 Å². The summed E-state index contributed by atoms with van der Waals surface area (Å²) < 4.78 is 6.67. The van der Waals surface area contributed by atoms with Gasteiger partial charge in [0.2, 0.25) is 0 Å². The lowest BCUT2D eigenvalue weighted by Gasteiger charge is -2.04. The van der Waals surface area contributed by atoms with Crippen molar-refractivity contribution in [3.63, 3.8) is 0 Å². The van der Waals surface area contributed by atoms with Gasteiger partial charge in [-0.3, -0.25) is 0 Å². The van der Waals surface area contributed by atoms with E-state index in [1.54, 1.807) is 0 Å². The van der Waals surface area contributed by atoms with Crippen molar-refractivity contribution in [1.29, 1.82) is 0 Å². The minimum absolute atomic E-state index is 0.659. The maximum Gasteiger partial charge on any atom is 0.0727 e. The number of ether oxygens (including phenoxy) is 1. The molecule has 0 aliphatic heterocycles. The van der Waals surface area contributed by atoms with Crippen molar-refractivity contribution in [1.82, 2.24) is 0 Å². The molecule has 0 aliphatic carbocycles. The molecular weight excluding hydrogens is 264 g/mol. The van der Waals surface area contributed by atoms with Crippen LogP contribution in [0.25, 0.3) is 0 Å². The van der Waals surface area contributed by atoms with Crippen LogP contribution < -0.4 is 0 Å². The SMILES string of the molecule is CCC=C=CCCOCc1ccccc1Br. The van der Waals surface area contributed by atoms with Crippen molar-refractivity contribution >= 4 is 15.9 Å². The third kappa shape index (κ3) is 5.32. The largest absolute Gasteiger partial charge is 0.376 e. The Kier molecular flexibility index (Phi) is 6.91. The van der Waals surface area contributed by atoms with Gasteiger partial charge in [-0.25, -0.2) is 0 Å². The smallest absolute Gasteiger partial charge is 0.0727 e. The van der Waals surface area contributed by atoms with Gasteiger partial charge < -0.3 is 4.74 Å². The summed E-state index contributed by atoms with van der Waals surface area (Å²) in [6.45, 7) is 3.50. The second-order valence-electron chi connectivity index (χ2n) is 3.42. The Morgan fingerprint density at radius 3 is 2.88 bits per heavy atom. The zero-order valence-corrected chi connectivity index (χ0v) is 11.2. The molecule has 0 unspecified atom stereocenters. The normalized spacial score (nSPS) is 9.62. The van der Waals surface area contributed by atoms with Gasteiger partial charge >= 0.3 is 0 Å². The Morgan fingerprint density at radius 1 is 1.31 bits per heavy atom. The predicted molar refractivity (Wildman–Crippen MR) is 71.4 cm³/mol. The predicted octanol–water partition coefficient (Wildman–Crippen LogP) is 4.48. The average Bonchev–Trinajstić information content (AvgIpc) is 2.30. The lowest BCUT2D eigenvalue weighted by atomic mass is 10.2. The highest BCUT2D eigenvalue weighted by atomic mass is 79.9. The second-order valence-corrected chi connectivity index (χ2v) is 4.27. The molecule has 0 saturated carbocycles. The Labute approximate surface area is 106 Å². The van der Waals surface area contributed by atoms with Gasteiger partial charge in [0, 0.05) is 4.47 Å². The Hall–Kier alpha value is -0.820. The molecule has 1 nitrogen and oxygen atoms in total. The van der Waals surface area contributed by atoms with E-state index in [9.17, 15) is 0 Å². The van der Waals surface area contributed by atoms with Gasteiger partial charge in [-0.2, -0.15) is 0 Å². The van der Waals surface area contributed by atoms with E-state index >= 15 is 0 Å². The maximum atomic E-state index is 5.57. The van der Waals surface area contributed by atoms with Crippen LogP contribution in [0.2, 0.25) is 0 Å². The van der Waals surface area contributed by atoms with Gasteiger partial charge in [0.05, 0.1) is 13.2 Å². The van der Waals surface area contributed by atoms with Crippen LogP contribution in [0.5, 0.6) is 0 Å². The molecule has 1 rings (SSSR count). The summed E-state index contributed by atoms with van der Waals surface area (Å²) in [7, 11) is 0. The molecule has 0 aromatic heterocycles. The molecule has 0 amide bonds. The van der Waals surface area contributed by atoms with Crippen molar-refractivity contribution in [2.24, 2.45) is 0 Å². The first kappa shape index (κ1) is 13.2. The zero-order valence-electron chi connectivity index (χ0n) is 9.58. The minimum Gasteiger partial charge on any atom is -0.376 e. The average molecular weight is 281 g/mol. The Bertz CT molecular complexity index is 365. The molecule has 0 fully saturated rings. The molecule has 1 aromatic rings. The van der Waals surface area contributed by atoms with Crippen LogP contribution in [0.3, 0.4) is 0 Å². The first-order valence-electron chi connectivity index (χ1n) is 5.55. The van der Waals surface area contributed by atoms with E-state index in [0.29, 0.717) is 6.61 Å². The lowest BCUT2D eigenvalue weighted by Crippen LogP contribution is -1.94. The van der Waals surface area contributed by atoms with E-state index in [2.05, 4.69) is 34.7 Å². The molecule has 0 N–H and O–H groups in total. The second kappa shape index (κ2) is 8.35. The summed E-state index contributed by atoms with van der Waals surface area (Å²) in [6, 6.07) is 8.12. The molecule has 2 heteroatoms. The summed E-state index contributed by atoms with van der Waals surface area (Å²) in [5.74, 6) is 0. The van der Waals surface area contributed by atoms with Crippen LogP contribution in [0.15, 0.2) is 46.6 Å². The highest BCUT2D eigenvalue weighted by Crippen LogP contribution is 2.16. The van der Waals surface area contributed by atoms with Crippen molar-refractivity contribution in [2.75, 3.05) is 6.61 Å². The third-order valence-corrected chi connectivity index (χ3v) is 2.84. The summed E-state index contributed by atoms with van der Waals surface area (Å²) in [6.07, 6.45) is 5.99. The minimum atomic E-state index is 0.659. The van der Waals surface area contributed by atoms with Gasteiger partial charge in [0.15, 0.2) is 0 Å². The summed E-state index contributed by atoms with van der Waals surface area (Å²) in [5.41, 5.74) is 4.30. The summed E-state index contributed by atoms with van der Waals surface area (Å²) >= 11 is 3.49. The fourth-order valence-electron chi connectivity index (χ4n) is 1.22. The monoisotopic (exact) mass is 280 g/mol. The molecular formula is C14H17BrO. The van der Waals surface area contributed by atoms with Crippen LogP contribution in [-0.2, 0) is 11.3 Å². The van der Waals surface area contributed by atoms with Gasteiger partial charge in [-0.05, 0) is 36.6 Å². The Morgan fingerprint density at radius 2 is 2.12 bits per heavy atom. The van der Waals surface area contributed by atoms with Crippen molar-refractivity contribution in [3.8, 4) is 0 Å². The summed E-state index contributed by atoms with van der Waals surface area (Å²) in [4.78, 5) is 0. The number of hydrogen-bond donors (Lipinski definition) is 0. The molecule has 16 heavy (non-hydrogen) atoms. The van der Waals surface area contributed by atoms with Gasteiger partial charge in [-0.15, -0.1) is 5.73 Å². The number of rotatable bonds is 6. The first-order valence-corrected chi connectivity index (χ1v) is 6.34. The van der Waals surface area contributed by atoms with Crippen LogP contribution in [-0.4, -0.2) is 6.61 Å². The molecule has 0 aliphatic rings. The highest BCUT2D eigenvalue weighted by Gasteiger charge is 1.96.